The predicted octanol–water partition coefficient (Wildman–Crippen LogP) is -0.442. The van der Waals surface area contributed by atoms with Gasteiger partial charge >= 0.3 is 6.03 Å². The van der Waals surface area contributed by atoms with Crippen LogP contribution in [0.4, 0.5) is 4.79 Å². The van der Waals surface area contributed by atoms with Gasteiger partial charge in [0.25, 0.3) is 0 Å². The molecule has 0 spiro atoms. The van der Waals surface area contributed by atoms with Gasteiger partial charge in [0.05, 0.1) is 26.4 Å². The first-order valence-corrected chi connectivity index (χ1v) is 5.63. The van der Waals surface area contributed by atoms with Gasteiger partial charge in [0.1, 0.15) is 0 Å². The molecule has 0 fully saturated rings. The molecule has 6 nitrogen and oxygen atoms in total. The van der Waals surface area contributed by atoms with E-state index in [0.717, 1.165) is 13.1 Å². The van der Waals surface area contributed by atoms with Crippen LogP contribution >= 0.6 is 0 Å². The van der Waals surface area contributed by atoms with Crippen molar-refractivity contribution in [2.45, 2.75) is 6.92 Å². The molecule has 0 radical (unpaired) electrons. The molecule has 0 unspecified atom stereocenters. The lowest BCUT2D eigenvalue weighted by Crippen LogP contribution is -2.35. The van der Waals surface area contributed by atoms with Crippen LogP contribution < -0.4 is 16.0 Å². The minimum atomic E-state index is -0.189. The predicted molar refractivity (Wildman–Crippen MR) is 62.6 cm³/mol. The number of ether oxygens (including phenoxy) is 2. The Balaban J connectivity index is 2.96. The SMILES string of the molecule is CCNCCOCCOCCNC(=O)NC. The number of carbonyl (C=O) groups is 1. The van der Waals surface area contributed by atoms with E-state index >= 15 is 0 Å². The third-order valence-electron chi connectivity index (χ3n) is 1.80. The van der Waals surface area contributed by atoms with Crippen molar-refractivity contribution >= 4 is 6.03 Å². The first kappa shape index (κ1) is 15.2. The molecule has 0 aliphatic rings. The number of likely N-dealkylation sites (N-methyl/N-ethyl adjacent to an activating group) is 1. The van der Waals surface area contributed by atoms with Crippen LogP contribution in [0.3, 0.4) is 0 Å². The summed E-state index contributed by atoms with van der Waals surface area (Å²) in [5.74, 6) is 0. The normalized spacial score (nSPS) is 10.1. The standard InChI is InChI=1S/C10H23N3O3/c1-3-12-4-6-15-8-9-16-7-5-13-10(14)11-2/h12H,3-9H2,1-2H3,(H2,11,13,14). The molecule has 0 aliphatic heterocycles. The molecule has 0 saturated carbocycles. The smallest absolute Gasteiger partial charge is 0.314 e. The summed E-state index contributed by atoms with van der Waals surface area (Å²) in [7, 11) is 1.58. The molecule has 0 saturated heterocycles. The van der Waals surface area contributed by atoms with Crippen LogP contribution in [-0.4, -0.2) is 59.1 Å². The zero-order valence-electron chi connectivity index (χ0n) is 10.2. The minimum absolute atomic E-state index is 0.189. The molecule has 0 aromatic heterocycles. The van der Waals surface area contributed by atoms with Gasteiger partial charge in [-0.15, -0.1) is 0 Å². The fraction of sp³-hybridized carbons (Fsp3) is 0.900. The first-order valence-electron chi connectivity index (χ1n) is 5.63. The number of nitrogens with one attached hydrogen (secondary N) is 3. The van der Waals surface area contributed by atoms with Crippen LogP contribution in [0.25, 0.3) is 0 Å². The molecule has 0 aromatic carbocycles. The summed E-state index contributed by atoms with van der Waals surface area (Å²) in [4.78, 5) is 10.7. The maximum absolute atomic E-state index is 10.7. The van der Waals surface area contributed by atoms with E-state index in [1.54, 1.807) is 7.05 Å². The minimum Gasteiger partial charge on any atom is -0.378 e. The Bertz CT molecular complexity index is 167. The van der Waals surface area contributed by atoms with Gasteiger partial charge in [-0.1, -0.05) is 6.92 Å². The number of amides is 2. The second kappa shape index (κ2) is 12.2. The van der Waals surface area contributed by atoms with Crippen LogP contribution in [0.1, 0.15) is 6.92 Å². The molecule has 0 heterocycles. The third-order valence-corrected chi connectivity index (χ3v) is 1.80. The maximum atomic E-state index is 10.7. The van der Waals surface area contributed by atoms with Crippen LogP contribution in [0.15, 0.2) is 0 Å². The number of hydrogen-bond acceptors (Lipinski definition) is 4. The lowest BCUT2D eigenvalue weighted by Gasteiger charge is -2.07. The summed E-state index contributed by atoms with van der Waals surface area (Å²) in [5.41, 5.74) is 0. The van der Waals surface area contributed by atoms with E-state index in [4.69, 9.17) is 9.47 Å². The molecule has 2 amide bonds. The summed E-state index contributed by atoms with van der Waals surface area (Å²) >= 11 is 0. The summed E-state index contributed by atoms with van der Waals surface area (Å²) in [6.45, 7) is 6.75. The van der Waals surface area contributed by atoms with Gasteiger partial charge in [-0.3, -0.25) is 0 Å². The summed E-state index contributed by atoms with van der Waals surface area (Å²) < 4.78 is 10.5. The number of rotatable bonds is 10. The highest BCUT2D eigenvalue weighted by molar-refractivity contribution is 5.73. The van der Waals surface area contributed by atoms with E-state index in [1.165, 1.54) is 0 Å². The van der Waals surface area contributed by atoms with E-state index in [9.17, 15) is 4.79 Å². The summed E-state index contributed by atoms with van der Waals surface area (Å²) in [6, 6.07) is -0.189. The molecule has 0 rings (SSSR count). The number of carbonyl (C=O) groups excluding carboxylic acids is 1. The molecule has 0 aromatic rings. The molecule has 96 valence electrons. The van der Waals surface area contributed by atoms with E-state index in [2.05, 4.69) is 22.9 Å². The summed E-state index contributed by atoms with van der Waals surface area (Å²) in [5, 5.41) is 8.24. The number of urea groups is 1. The van der Waals surface area contributed by atoms with Crippen LogP contribution in [0.2, 0.25) is 0 Å². The molecule has 3 N–H and O–H groups in total. The molecular weight excluding hydrogens is 210 g/mol. The average Bonchev–Trinajstić information content (AvgIpc) is 2.31. The molecule has 0 bridgehead atoms. The van der Waals surface area contributed by atoms with Crippen molar-refractivity contribution < 1.29 is 14.3 Å². The van der Waals surface area contributed by atoms with Crippen LogP contribution in [0.5, 0.6) is 0 Å². The highest BCUT2D eigenvalue weighted by Gasteiger charge is 1.94. The first-order chi connectivity index (χ1) is 7.81. The molecule has 0 aliphatic carbocycles. The lowest BCUT2D eigenvalue weighted by molar-refractivity contribution is 0.0506. The van der Waals surface area contributed by atoms with Gasteiger partial charge in [-0.25, -0.2) is 4.79 Å². The van der Waals surface area contributed by atoms with Crippen molar-refractivity contribution in [1.82, 2.24) is 16.0 Å². The maximum Gasteiger partial charge on any atom is 0.314 e. The van der Waals surface area contributed by atoms with E-state index in [-0.39, 0.29) is 6.03 Å². The van der Waals surface area contributed by atoms with Gasteiger partial charge in [0.15, 0.2) is 0 Å². The van der Waals surface area contributed by atoms with Crippen molar-refractivity contribution in [1.29, 1.82) is 0 Å². The van der Waals surface area contributed by atoms with Gasteiger partial charge in [-0.05, 0) is 6.54 Å². The Morgan fingerprint density at radius 1 is 1.06 bits per heavy atom. The van der Waals surface area contributed by atoms with Crippen molar-refractivity contribution in [2.24, 2.45) is 0 Å². The van der Waals surface area contributed by atoms with Crippen molar-refractivity contribution in [3.05, 3.63) is 0 Å². The highest BCUT2D eigenvalue weighted by atomic mass is 16.5. The van der Waals surface area contributed by atoms with Crippen molar-refractivity contribution in [3.8, 4) is 0 Å². The Hall–Kier alpha value is -0.850. The second-order valence-corrected chi connectivity index (χ2v) is 3.08. The second-order valence-electron chi connectivity index (χ2n) is 3.08. The molecule has 6 heteroatoms. The monoisotopic (exact) mass is 233 g/mol. The highest BCUT2D eigenvalue weighted by Crippen LogP contribution is 1.78. The average molecular weight is 233 g/mol. The lowest BCUT2D eigenvalue weighted by atomic mass is 10.6. The van der Waals surface area contributed by atoms with Crippen molar-refractivity contribution in [3.63, 3.8) is 0 Å². The van der Waals surface area contributed by atoms with Gasteiger partial charge in [0.2, 0.25) is 0 Å². The van der Waals surface area contributed by atoms with Gasteiger partial charge in [-0.2, -0.15) is 0 Å². The topological polar surface area (TPSA) is 71.6 Å². The van der Waals surface area contributed by atoms with Gasteiger partial charge < -0.3 is 25.4 Å². The van der Waals surface area contributed by atoms with Gasteiger partial charge in [0, 0.05) is 20.1 Å². The molecule has 0 atom stereocenters. The quantitative estimate of drug-likeness (QED) is 0.447. The van der Waals surface area contributed by atoms with Crippen molar-refractivity contribution in [2.75, 3.05) is 53.1 Å². The van der Waals surface area contributed by atoms with E-state index < -0.39 is 0 Å². The summed E-state index contributed by atoms with van der Waals surface area (Å²) in [6.07, 6.45) is 0. The molecular formula is C10H23N3O3. The molecule has 16 heavy (non-hydrogen) atoms. The Morgan fingerprint density at radius 2 is 1.69 bits per heavy atom. The van der Waals surface area contributed by atoms with Crippen LogP contribution in [0, 0.1) is 0 Å². The Kier molecular flexibility index (Phi) is 11.6. The number of hydrogen-bond donors (Lipinski definition) is 3. The fourth-order valence-corrected chi connectivity index (χ4v) is 0.968. The largest absolute Gasteiger partial charge is 0.378 e. The van der Waals surface area contributed by atoms with E-state index in [0.29, 0.717) is 33.0 Å². The van der Waals surface area contributed by atoms with Crippen LogP contribution in [-0.2, 0) is 9.47 Å². The fourth-order valence-electron chi connectivity index (χ4n) is 0.968. The Labute approximate surface area is 97.1 Å². The Morgan fingerprint density at radius 3 is 2.25 bits per heavy atom. The third kappa shape index (κ3) is 11.2. The van der Waals surface area contributed by atoms with E-state index in [1.807, 2.05) is 0 Å². The zero-order chi connectivity index (χ0) is 12.1. The zero-order valence-corrected chi connectivity index (χ0v) is 10.2.